The van der Waals surface area contributed by atoms with Gasteiger partial charge in [0, 0.05) is 16.7 Å². The maximum Gasteiger partial charge on any atom is 0.104 e. The zero-order valence-corrected chi connectivity index (χ0v) is 16.3. The topological polar surface area (TPSA) is 0 Å². The van der Waals surface area contributed by atoms with Gasteiger partial charge in [-0.2, -0.15) is 0 Å². The molecule has 0 unspecified atom stereocenters. The number of hydrogen-bond donors (Lipinski definition) is 0. The molecule has 2 aromatic rings. The van der Waals surface area contributed by atoms with Crippen LogP contribution in [0.15, 0.2) is 48.5 Å². The molecule has 0 saturated heterocycles. The Hall–Kier alpha value is -1.64. The summed E-state index contributed by atoms with van der Waals surface area (Å²) in [6, 6.07) is 18.2. The van der Waals surface area contributed by atoms with Crippen LogP contribution in [0.4, 0.5) is 0 Å². The van der Waals surface area contributed by atoms with Gasteiger partial charge in [-0.15, -0.1) is 0 Å². The second-order valence-electron chi connectivity index (χ2n) is 8.69. The quantitative estimate of drug-likeness (QED) is 0.668. The molecule has 0 aromatic heterocycles. The van der Waals surface area contributed by atoms with Crippen molar-refractivity contribution in [3.63, 3.8) is 0 Å². The zero-order valence-electron chi connectivity index (χ0n) is 16.3. The SMILES string of the molecule is CCc1ccc(C[N+](C)(C)Cc2ccc(C[N+](C)(C)C)cc2)cc1. The van der Waals surface area contributed by atoms with Crippen molar-refractivity contribution in [3.05, 3.63) is 70.8 Å². The second kappa shape index (κ2) is 7.50. The first-order valence-electron chi connectivity index (χ1n) is 8.95. The minimum atomic E-state index is 0.967. The first kappa shape index (κ1) is 18.7. The van der Waals surface area contributed by atoms with Crippen LogP contribution < -0.4 is 0 Å². The van der Waals surface area contributed by atoms with Gasteiger partial charge in [-0.1, -0.05) is 55.5 Å². The number of benzene rings is 2. The van der Waals surface area contributed by atoms with Crippen LogP contribution in [0, 0.1) is 0 Å². The molecule has 2 heteroatoms. The van der Waals surface area contributed by atoms with Gasteiger partial charge in [0.1, 0.15) is 19.6 Å². The van der Waals surface area contributed by atoms with E-state index in [0.717, 1.165) is 35.0 Å². The summed E-state index contributed by atoms with van der Waals surface area (Å²) < 4.78 is 1.94. The summed E-state index contributed by atoms with van der Waals surface area (Å²) in [5, 5.41) is 0. The van der Waals surface area contributed by atoms with Crippen LogP contribution in [0.1, 0.15) is 29.2 Å². The van der Waals surface area contributed by atoms with E-state index in [0.29, 0.717) is 0 Å². The fraction of sp³-hybridized carbons (Fsp3) is 0.455. The Labute approximate surface area is 148 Å². The largest absolute Gasteiger partial charge is 0.327 e. The van der Waals surface area contributed by atoms with Gasteiger partial charge in [-0.05, 0) is 12.0 Å². The van der Waals surface area contributed by atoms with Crippen molar-refractivity contribution in [1.82, 2.24) is 0 Å². The molecule has 24 heavy (non-hydrogen) atoms. The van der Waals surface area contributed by atoms with Crippen molar-refractivity contribution < 1.29 is 8.97 Å². The molecule has 0 aliphatic rings. The highest BCUT2D eigenvalue weighted by Crippen LogP contribution is 2.17. The smallest absolute Gasteiger partial charge is 0.104 e. The van der Waals surface area contributed by atoms with Crippen LogP contribution in [0.2, 0.25) is 0 Å². The van der Waals surface area contributed by atoms with Crippen molar-refractivity contribution in [2.45, 2.75) is 33.0 Å². The third kappa shape index (κ3) is 6.10. The lowest BCUT2D eigenvalue weighted by molar-refractivity contribution is -0.916. The summed E-state index contributed by atoms with van der Waals surface area (Å²) in [6.07, 6.45) is 1.11. The normalized spacial score (nSPS) is 12.4. The Morgan fingerprint density at radius 3 is 1.21 bits per heavy atom. The monoisotopic (exact) mass is 326 g/mol. The van der Waals surface area contributed by atoms with Crippen LogP contribution in [0.5, 0.6) is 0 Å². The van der Waals surface area contributed by atoms with Gasteiger partial charge in [-0.3, -0.25) is 0 Å². The maximum atomic E-state index is 2.31. The summed E-state index contributed by atoms with van der Waals surface area (Å²) in [4.78, 5) is 0. The van der Waals surface area contributed by atoms with E-state index in [4.69, 9.17) is 0 Å². The molecule has 0 heterocycles. The van der Waals surface area contributed by atoms with Gasteiger partial charge in [0.2, 0.25) is 0 Å². The number of aryl methyl sites for hydroxylation is 1. The van der Waals surface area contributed by atoms with Crippen molar-refractivity contribution in [2.24, 2.45) is 0 Å². The van der Waals surface area contributed by atoms with E-state index in [1.807, 2.05) is 0 Å². The summed E-state index contributed by atoms with van der Waals surface area (Å²) in [7, 11) is 11.3. The molecular weight excluding hydrogens is 292 g/mol. The number of nitrogens with zero attached hydrogens (tertiary/aromatic N) is 2. The van der Waals surface area contributed by atoms with Gasteiger partial charge in [-0.25, -0.2) is 0 Å². The van der Waals surface area contributed by atoms with Gasteiger partial charge in [0.15, 0.2) is 0 Å². The maximum absolute atomic E-state index is 2.31. The molecule has 0 spiro atoms. The molecule has 0 radical (unpaired) electrons. The molecule has 0 saturated carbocycles. The predicted molar refractivity (Wildman–Crippen MR) is 104 cm³/mol. The van der Waals surface area contributed by atoms with E-state index >= 15 is 0 Å². The molecule has 0 atom stereocenters. The highest BCUT2D eigenvalue weighted by atomic mass is 15.3. The Morgan fingerprint density at radius 2 is 0.875 bits per heavy atom. The average Bonchev–Trinajstić information content (AvgIpc) is 2.48. The third-order valence-corrected chi connectivity index (χ3v) is 4.33. The minimum absolute atomic E-state index is 0.967. The Balaban J connectivity index is 1.99. The highest BCUT2D eigenvalue weighted by molar-refractivity contribution is 5.23. The molecule has 2 rings (SSSR count). The number of rotatable bonds is 7. The molecule has 2 aromatic carbocycles. The Kier molecular flexibility index (Phi) is 5.84. The number of quaternary nitrogens is 2. The Morgan fingerprint density at radius 1 is 0.542 bits per heavy atom. The summed E-state index contributed by atoms with van der Waals surface area (Å²) in [6.45, 7) is 5.39. The van der Waals surface area contributed by atoms with E-state index < -0.39 is 0 Å². The Bertz CT molecular complexity index is 631. The molecule has 0 aliphatic heterocycles. The standard InChI is InChI=1S/C22H34N2/c1-7-19-8-10-21(11-9-19)17-24(5,6)18-22-14-12-20(13-15-22)16-23(2,3)4/h8-15H,7,16-18H2,1-6H3/q+2. The van der Waals surface area contributed by atoms with Gasteiger partial charge >= 0.3 is 0 Å². The van der Waals surface area contributed by atoms with Crippen LogP contribution in [-0.2, 0) is 26.1 Å². The van der Waals surface area contributed by atoms with Crippen molar-refractivity contribution in [2.75, 3.05) is 35.2 Å². The summed E-state index contributed by atoms with van der Waals surface area (Å²) >= 11 is 0. The average molecular weight is 327 g/mol. The lowest BCUT2D eigenvalue weighted by Crippen LogP contribution is -2.37. The first-order chi connectivity index (χ1) is 11.2. The van der Waals surface area contributed by atoms with Crippen molar-refractivity contribution in [3.8, 4) is 0 Å². The molecule has 0 bridgehead atoms. The summed E-state index contributed by atoms with van der Waals surface area (Å²) in [5.74, 6) is 0. The number of hydrogen-bond acceptors (Lipinski definition) is 0. The minimum Gasteiger partial charge on any atom is -0.327 e. The summed E-state index contributed by atoms with van der Waals surface area (Å²) in [5.41, 5.74) is 5.65. The van der Waals surface area contributed by atoms with Crippen molar-refractivity contribution in [1.29, 1.82) is 0 Å². The fourth-order valence-electron chi connectivity index (χ4n) is 3.22. The van der Waals surface area contributed by atoms with E-state index in [1.165, 1.54) is 22.3 Å². The van der Waals surface area contributed by atoms with E-state index in [9.17, 15) is 0 Å². The predicted octanol–water partition coefficient (Wildman–Crippen LogP) is 4.23. The third-order valence-electron chi connectivity index (χ3n) is 4.33. The van der Waals surface area contributed by atoms with Crippen LogP contribution in [0.25, 0.3) is 0 Å². The van der Waals surface area contributed by atoms with E-state index in [1.54, 1.807) is 0 Å². The highest BCUT2D eigenvalue weighted by Gasteiger charge is 2.17. The first-order valence-corrected chi connectivity index (χ1v) is 8.95. The van der Waals surface area contributed by atoms with Crippen LogP contribution >= 0.6 is 0 Å². The van der Waals surface area contributed by atoms with Gasteiger partial charge in [0.05, 0.1) is 35.2 Å². The molecule has 0 aliphatic carbocycles. The molecule has 0 N–H and O–H groups in total. The van der Waals surface area contributed by atoms with Crippen LogP contribution in [-0.4, -0.2) is 44.2 Å². The zero-order chi connectivity index (χ0) is 17.8. The van der Waals surface area contributed by atoms with Gasteiger partial charge in [0.25, 0.3) is 0 Å². The molecule has 0 amide bonds. The molecule has 2 nitrogen and oxygen atoms in total. The van der Waals surface area contributed by atoms with E-state index in [-0.39, 0.29) is 0 Å². The molecular formula is C22H34N2+2. The lowest BCUT2D eigenvalue weighted by atomic mass is 10.1. The van der Waals surface area contributed by atoms with E-state index in [2.05, 4.69) is 90.7 Å². The molecule has 130 valence electrons. The lowest BCUT2D eigenvalue weighted by Gasteiger charge is -2.30. The molecule has 0 fully saturated rings. The van der Waals surface area contributed by atoms with Crippen molar-refractivity contribution >= 4 is 0 Å². The fourth-order valence-corrected chi connectivity index (χ4v) is 3.22. The second-order valence-corrected chi connectivity index (χ2v) is 8.69. The van der Waals surface area contributed by atoms with Gasteiger partial charge < -0.3 is 8.97 Å². The van der Waals surface area contributed by atoms with Crippen LogP contribution in [0.3, 0.4) is 0 Å².